The molecule has 0 radical (unpaired) electrons. The molecule has 0 spiro atoms. The molecule has 0 amide bonds. The van der Waals surface area contributed by atoms with Crippen LogP contribution in [0, 0.1) is 20.8 Å². The van der Waals surface area contributed by atoms with Crippen LogP contribution >= 0.6 is 28.1 Å². The van der Waals surface area contributed by atoms with Gasteiger partial charge in [-0.15, -0.1) is 0 Å². The number of aryl methyl sites for hydroxylation is 3. The molecule has 2 aromatic rings. The summed E-state index contributed by atoms with van der Waals surface area (Å²) in [7, 11) is 0. The normalized spacial score (nSPS) is 10.2. The second kappa shape index (κ2) is 6.37. The van der Waals surface area contributed by atoms with Crippen LogP contribution in [0.1, 0.15) is 16.7 Å². The molecule has 0 saturated heterocycles. The molecule has 0 unspecified atom stereocenters. The van der Waals surface area contributed by atoms with Crippen molar-refractivity contribution >= 4 is 44.6 Å². The molecule has 2 N–H and O–H groups in total. The number of thiocarbonyl (C=S) groups is 1. The zero-order valence-corrected chi connectivity index (χ0v) is 14.2. The van der Waals surface area contributed by atoms with Crippen molar-refractivity contribution in [1.29, 1.82) is 0 Å². The number of rotatable bonds is 2. The first-order chi connectivity index (χ1) is 9.45. The average Bonchev–Trinajstić information content (AvgIpc) is 2.36. The SMILES string of the molecule is Cc1ccc(NC(=S)Nc2ccc(C)cc2Br)c(C)c1. The van der Waals surface area contributed by atoms with Gasteiger partial charge < -0.3 is 10.6 Å². The lowest BCUT2D eigenvalue weighted by Crippen LogP contribution is -2.19. The summed E-state index contributed by atoms with van der Waals surface area (Å²) < 4.78 is 1.00. The lowest BCUT2D eigenvalue weighted by Gasteiger charge is -2.14. The molecule has 20 heavy (non-hydrogen) atoms. The van der Waals surface area contributed by atoms with Crippen molar-refractivity contribution in [2.24, 2.45) is 0 Å². The molecule has 2 nitrogen and oxygen atoms in total. The van der Waals surface area contributed by atoms with E-state index in [2.05, 4.69) is 65.5 Å². The van der Waals surface area contributed by atoms with E-state index in [1.54, 1.807) is 0 Å². The molecule has 0 aromatic heterocycles. The minimum absolute atomic E-state index is 0.585. The molecule has 0 aliphatic rings. The van der Waals surface area contributed by atoms with Crippen LogP contribution in [-0.2, 0) is 0 Å². The number of anilines is 2. The van der Waals surface area contributed by atoms with Gasteiger partial charge in [-0.05, 0) is 78.2 Å². The summed E-state index contributed by atoms with van der Waals surface area (Å²) in [4.78, 5) is 0. The summed E-state index contributed by atoms with van der Waals surface area (Å²) in [6.45, 7) is 6.21. The van der Waals surface area contributed by atoms with Gasteiger partial charge in [0.25, 0.3) is 0 Å². The van der Waals surface area contributed by atoms with E-state index < -0.39 is 0 Å². The van der Waals surface area contributed by atoms with Gasteiger partial charge in [-0.2, -0.15) is 0 Å². The fraction of sp³-hybridized carbons (Fsp3) is 0.188. The number of hydrogen-bond donors (Lipinski definition) is 2. The molecule has 2 aromatic carbocycles. The Morgan fingerprint density at radius 2 is 1.45 bits per heavy atom. The molecule has 104 valence electrons. The minimum Gasteiger partial charge on any atom is -0.332 e. The first-order valence-electron chi connectivity index (χ1n) is 6.37. The quantitative estimate of drug-likeness (QED) is 0.730. The molecule has 0 fully saturated rings. The van der Waals surface area contributed by atoms with Crippen molar-refractivity contribution in [2.45, 2.75) is 20.8 Å². The molecule has 0 saturated carbocycles. The van der Waals surface area contributed by atoms with Crippen molar-refractivity contribution in [2.75, 3.05) is 10.6 Å². The molecule has 0 atom stereocenters. The zero-order chi connectivity index (χ0) is 14.7. The Morgan fingerprint density at radius 3 is 2.05 bits per heavy atom. The third kappa shape index (κ3) is 3.81. The van der Waals surface area contributed by atoms with Crippen molar-refractivity contribution in [3.8, 4) is 0 Å². The summed E-state index contributed by atoms with van der Waals surface area (Å²) >= 11 is 8.90. The Labute approximate surface area is 133 Å². The first kappa shape index (κ1) is 15.0. The second-order valence-electron chi connectivity index (χ2n) is 4.88. The Kier molecular flexibility index (Phi) is 4.78. The second-order valence-corrected chi connectivity index (χ2v) is 6.14. The van der Waals surface area contributed by atoms with Crippen molar-refractivity contribution in [1.82, 2.24) is 0 Å². The Bertz CT molecular complexity index is 597. The van der Waals surface area contributed by atoms with E-state index in [1.807, 2.05) is 18.2 Å². The van der Waals surface area contributed by atoms with Crippen LogP contribution in [0.5, 0.6) is 0 Å². The molecule has 0 aliphatic heterocycles. The fourth-order valence-corrected chi connectivity index (χ4v) is 2.76. The zero-order valence-electron chi connectivity index (χ0n) is 11.8. The maximum absolute atomic E-state index is 5.36. The van der Waals surface area contributed by atoms with Crippen LogP contribution in [0.25, 0.3) is 0 Å². The number of hydrogen-bond acceptors (Lipinski definition) is 1. The molecular formula is C16H17BrN2S. The molecule has 0 aliphatic carbocycles. The van der Waals surface area contributed by atoms with Gasteiger partial charge in [0.05, 0.1) is 5.69 Å². The summed E-state index contributed by atoms with van der Waals surface area (Å²) in [5, 5.41) is 7.01. The van der Waals surface area contributed by atoms with Crippen LogP contribution in [0.3, 0.4) is 0 Å². The summed E-state index contributed by atoms with van der Waals surface area (Å²) in [5.41, 5.74) is 5.61. The number of halogens is 1. The highest BCUT2D eigenvalue weighted by Gasteiger charge is 2.04. The van der Waals surface area contributed by atoms with Gasteiger partial charge >= 0.3 is 0 Å². The molecule has 4 heteroatoms. The van der Waals surface area contributed by atoms with Crippen molar-refractivity contribution in [3.05, 3.63) is 57.6 Å². The highest BCUT2D eigenvalue weighted by molar-refractivity contribution is 9.10. The molecule has 0 bridgehead atoms. The van der Waals surface area contributed by atoms with Gasteiger partial charge in [-0.25, -0.2) is 0 Å². The largest absolute Gasteiger partial charge is 0.332 e. The average molecular weight is 349 g/mol. The molecule has 0 heterocycles. The lowest BCUT2D eigenvalue weighted by atomic mass is 10.1. The predicted molar refractivity (Wildman–Crippen MR) is 94.6 cm³/mol. The molecule has 2 rings (SSSR count). The van der Waals surface area contributed by atoms with E-state index in [1.165, 1.54) is 16.7 Å². The highest BCUT2D eigenvalue weighted by atomic mass is 79.9. The molecular weight excluding hydrogens is 332 g/mol. The number of benzene rings is 2. The Balaban J connectivity index is 2.09. The van der Waals surface area contributed by atoms with E-state index in [0.29, 0.717) is 5.11 Å². The van der Waals surface area contributed by atoms with E-state index in [0.717, 1.165) is 15.8 Å². The van der Waals surface area contributed by atoms with Gasteiger partial charge in [0.1, 0.15) is 0 Å². The Hall–Kier alpha value is -1.39. The standard InChI is InChI=1S/C16H17BrN2S/c1-10-4-6-14(12(3)8-10)18-16(20)19-15-7-5-11(2)9-13(15)17/h4-9H,1-3H3,(H2,18,19,20). The van der Waals surface area contributed by atoms with Gasteiger partial charge in [-0.3, -0.25) is 0 Å². The first-order valence-corrected chi connectivity index (χ1v) is 7.57. The monoisotopic (exact) mass is 348 g/mol. The van der Waals surface area contributed by atoms with E-state index in [4.69, 9.17) is 12.2 Å². The maximum atomic E-state index is 5.36. The van der Waals surface area contributed by atoms with Gasteiger partial charge in [0.2, 0.25) is 0 Å². The summed E-state index contributed by atoms with van der Waals surface area (Å²) in [6.07, 6.45) is 0. The topological polar surface area (TPSA) is 24.1 Å². The third-order valence-corrected chi connectivity index (χ3v) is 3.86. The van der Waals surface area contributed by atoms with Crippen LogP contribution in [0.2, 0.25) is 0 Å². The van der Waals surface area contributed by atoms with E-state index >= 15 is 0 Å². The fourth-order valence-electron chi connectivity index (χ4n) is 1.95. The van der Waals surface area contributed by atoms with Gasteiger partial charge in [0, 0.05) is 10.2 Å². The highest BCUT2D eigenvalue weighted by Crippen LogP contribution is 2.24. The summed E-state index contributed by atoms with van der Waals surface area (Å²) in [6, 6.07) is 12.4. The van der Waals surface area contributed by atoms with Gasteiger partial charge in [0.15, 0.2) is 5.11 Å². The van der Waals surface area contributed by atoms with Gasteiger partial charge in [-0.1, -0.05) is 23.8 Å². The maximum Gasteiger partial charge on any atom is 0.175 e. The Morgan fingerprint density at radius 1 is 0.900 bits per heavy atom. The van der Waals surface area contributed by atoms with Crippen molar-refractivity contribution < 1.29 is 0 Å². The minimum atomic E-state index is 0.585. The van der Waals surface area contributed by atoms with Crippen LogP contribution in [-0.4, -0.2) is 5.11 Å². The summed E-state index contributed by atoms with van der Waals surface area (Å²) in [5.74, 6) is 0. The third-order valence-electron chi connectivity index (χ3n) is 3.00. The van der Waals surface area contributed by atoms with E-state index in [-0.39, 0.29) is 0 Å². The predicted octanol–water partition coefficient (Wildman–Crippen LogP) is 5.18. The van der Waals surface area contributed by atoms with E-state index in [9.17, 15) is 0 Å². The van der Waals surface area contributed by atoms with Crippen LogP contribution in [0.4, 0.5) is 11.4 Å². The van der Waals surface area contributed by atoms with Crippen LogP contribution in [0.15, 0.2) is 40.9 Å². The smallest absolute Gasteiger partial charge is 0.175 e. The lowest BCUT2D eigenvalue weighted by molar-refractivity contribution is 1.38. The van der Waals surface area contributed by atoms with Crippen molar-refractivity contribution in [3.63, 3.8) is 0 Å². The van der Waals surface area contributed by atoms with Crippen LogP contribution < -0.4 is 10.6 Å². The number of nitrogens with one attached hydrogen (secondary N) is 2.